The Bertz CT molecular complexity index is 321. The molecule has 3 heteroatoms. The van der Waals surface area contributed by atoms with Gasteiger partial charge in [-0.1, -0.05) is 29.8 Å². The van der Waals surface area contributed by atoms with Crippen molar-refractivity contribution >= 4 is 11.6 Å². The summed E-state index contributed by atoms with van der Waals surface area (Å²) < 4.78 is 0. The quantitative estimate of drug-likeness (QED) is 0.865. The van der Waals surface area contributed by atoms with Gasteiger partial charge in [0.15, 0.2) is 0 Å². The van der Waals surface area contributed by atoms with E-state index >= 15 is 0 Å². The van der Waals surface area contributed by atoms with E-state index in [4.69, 9.17) is 11.6 Å². The molecule has 0 amide bonds. The molecule has 1 aromatic carbocycles. The minimum absolute atomic E-state index is 0.905. The maximum Gasteiger partial charge on any atom is 0.0437 e. The van der Waals surface area contributed by atoms with Crippen molar-refractivity contribution in [1.82, 2.24) is 10.2 Å². The van der Waals surface area contributed by atoms with Crippen LogP contribution in [0.15, 0.2) is 24.3 Å². The molecule has 2 rings (SSSR count). The average molecular weight is 239 g/mol. The first kappa shape index (κ1) is 11.9. The van der Waals surface area contributed by atoms with Gasteiger partial charge in [-0.15, -0.1) is 0 Å². The number of nitrogens with one attached hydrogen (secondary N) is 1. The van der Waals surface area contributed by atoms with Crippen LogP contribution < -0.4 is 5.32 Å². The van der Waals surface area contributed by atoms with Gasteiger partial charge in [0.05, 0.1) is 0 Å². The fourth-order valence-corrected chi connectivity index (χ4v) is 2.36. The summed E-state index contributed by atoms with van der Waals surface area (Å²) >= 11 is 6.12. The third kappa shape index (κ3) is 3.48. The molecule has 0 saturated carbocycles. The summed E-state index contributed by atoms with van der Waals surface area (Å²) in [6, 6.07) is 8.15. The zero-order valence-corrected chi connectivity index (χ0v) is 10.3. The second-order valence-corrected chi connectivity index (χ2v) is 4.69. The molecule has 0 atom stereocenters. The van der Waals surface area contributed by atoms with Crippen LogP contribution >= 0.6 is 11.6 Å². The van der Waals surface area contributed by atoms with Crippen molar-refractivity contribution < 1.29 is 0 Å². The SMILES string of the molecule is Clc1ccccc1CCCN1CCNCC1. The Morgan fingerprint density at radius 3 is 2.69 bits per heavy atom. The van der Waals surface area contributed by atoms with Crippen LogP contribution in [0, 0.1) is 0 Å². The van der Waals surface area contributed by atoms with Gasteiger partial charge in [-0.2, -0.15) is 0 Å². The Hall–Kier alpha value is -0.570. The molecule has 0 unspecified atom stereocenters. The molecular weight excluding hydrogens is 220 g/mol. The fraction of sp³-hybridized carbons (Fsp3) is 0.538. The van der Waals surface area contributed by atoms with Crippen molar-refractivity contribution in [2.24, 2.45) is 0 Å². The Kier molecular flexibility index (Phi) is 4.64. The Morgan fingerprint density at radius 1 is 1.19 bits per heavy atom. The molecule has 88 valence electrons. The largest absolute Gasteiger partial charge is 0.314 e. The monoisotopic (exact) mass is 238 g/mol. The van der Waals surface area contributed by atoms with E-state index < -0.39 is 0 Å². The number of nitrogens with zero attached hydrogens (tertiary/aromatic N) is 1. The smallest absolute Gasteiger partial charge is 0.0437 e. The van der Waals surface area contributed by atoms with E-state index in [-0.39, 0.29) is 0 Å². The number of piperazine rings is 1. The second kappa shape index (κ2) is 6.24. The number of rotatable bonds is 4. The lowest BCUT2D eigenvalue weighted by molar-refractivity contribution is 0.238. The first-order chi connectivity index (χ1) is 7.86. The predicted molar refractivity (Wildman–Crippen MR) is 69.1 cm³/mol. The Morgan fingerprint density at radius 2 is 1.94 bits per heavy atom. The molecule has 1 aliphatic heterocycles. The van der Waals surface area contributed by atoms with Gasteiger partial charge < -0.3 is 10.2 Å². The van der Waals surface area contributed by atoms with Crippen LogP contribution in [-0.2, 0) is 6.42 Å². The molecule has 1 saturated heterocycles. The predicted octanol–water partition coefficient (Wildman–Crippen LogP) is 2.18. The molecule has 2 nitrogen and oxygen atoms in total. The molecule has 1 heterocycles. The highest BCUT2D eigenvalue weighted by molar-refractivity contribution is 6.31. The number of halogens is 1. The highest BCUT2D eigenvalue weighted by Crippen LogP contribution is 2.16. The van der Waals surface area contributed by atoms with E-state index in [0.29, 0.717) is 0 Å². The van der Waals surface area contributed by atoms with Crippen LogP contribution in [0.1, 0.15) is 12.0 Å². The van der Waals surface area contributed by atoms with E-state index in [1.54, 1.807) is 0 Å². The first-order valence-corrected chi connectivity index (χ1v) is 6.40. The third-order valence-corrected chi connectivity index (χ3v) is 3.46. The summed E-state index contributed by atoms with van der Waals surface area (Å²) in [5, 5.41) is 4.27. The number of hydrogen-bond donors (Lipinski definition) is 1. The fourth-order valence-electron chi connectivity index (χ4n) is 2.13. The molecule has 1 N–H and O–H groups in total. The summed E-state index contributed by atoms with van der Waals surface area (Å²) in [5.74, 6) is 0. The van der Waals surface area contributed by atoms with Gasteiger partial charge in [-0.25, -0.2) is 0 Å². The lowest BCUT2D eigenvalue weighted by Gasteiger charge is -2.27. The lowest BCUT2D eigenvalue weighted by atomic mass is 10.1. The second-order valence-electron chi connectivity index (χ2n) is 4.29. The van der Waals surface area contributed by atoms with Crippen molar-refractivity contribution in [2.45, 2.75) is 12.8 Å². The van der Waals surface area contributed by atoms with Crippen LogP contribution in [0.2, 0.25) is 5.02 Å². The van der Waals surface area contributed by atoms with Gasteiger partial charge in [0.25, 0.3) is 0 Å². The van der Waals surface area contributed by atoms with Crippen molar-refractivity contribution in [3.05, 3.63) is 34.9 Å². The average Bonchev–Trinajstić information content (AvgIpc) is 2.33. The molecule has 1 fully saturated rings. The normalized spacial score (nSPS) is 17.6. The highest BCUT2D eigenvalue weighted by atomic mass is 35.5. The topological polar surface area (TPSA) is 15.3 Å². The molecule has 0 radical (unpaired) electrons. The molecule has 0 aliphatic carbocycles. The molecule has 0 aromatic heterocycles. The van der Waals surface area contributed by atoms with Crippen LogP contribution in [0.5, 0.6) is 0 Å². The van der Waals surface area contributed by atoms with E-state index in [1.165, 1.54) is 31.6 Å². The molecule has 16 heavy (non-hydrogen) atoms. The maximum atomic E-state index is 6.12. The van der Waals surface area contributed by atoms with Gasteiger partial charge >= 0.3 is 0 Å². The van der Waals surface area contributed by atoms with Crippen molar-refractivity contribution in [3.63, 3.8) is 0 Å². The molecule has 1 aliphatic rings. The van der Waals surface area contributed by atoms with Gasteiger partial charge in [0.1, 0.15) is 0 Å². The summed E-state index contributed by atoms with van der Waals surface area (Å²) in [7, 11) is 0. The van der Waals surface area contributed by atoms with Crippen LogP contribution in [0.4, 0.5) is 0 Å². The number of hydrogen-bond acceptors (Lipinski definition) is 2. The minimum Gasteiger partial charge on any atom is -0.314 e. The lowest BCUT2D eigenvalue weighted by Crippen LogP contribution is -2.43. The summed E-state index contributed by atoms with van der Waals surface area (Å²) in [6.07, 6.45) is 2.29. The standard InChI is InChI=1S/C13H19ClN2/c14-13-6-2-1-4-12(13)5-3-9-16-10-7-15-8-11-16/h1-2,4,6,15H,3,5,7-11H2. The molecular formula is C13H19ClN2. The summed E-state index contributed by atoms with van der Waals surface area (Å²) in [4.78, 5) is 2.52. The van der Waals surface area contributed by atoms with E-state index in [9.17, 15) is 0 Å². The van der Waals surface area contributed by atoms with Gasteiger partial charge in [0.2, 0.25) is 0 Å². The third-order valence-electron chi connectivity index (χ3n) is 3.09. The minimum atomic E-state index is 0.905. The zero-order chi connectivity index (χ0) is 11.2. The first-order valence-electron chi connectivity index (χ1n) is 6.03. The van der Waals surface area contributed by atoms with E-state index in [1.807, 2.05) is 12.1 Å². The highest BCUT2D eigenvalue weighted by Gasteiger charge is 2.08. The van der Waals surface area contributed by atoms with Crippen molar-refractivity contribution in [1.29, 1.82) is 0 Å². The van der Waals surface area contributed by atoms with E-state index in [2.05, 4.69) is 22.3 Å². The summed E-state index contributed by atoms with van der Waals surface area (Å²) in [5.41, 5.74) is 1.28. The zero-order valence-electron chi connectivity index (χ0n) is 9.58. The molecule has 1 aromatic rings. The Labute approximate surface area is 103 Å². The number of benzene rings is 1. The van der Waals surface area contributed by atoms with Gasteiger partial charge in [0, 0.05) is 31.2 Å². The van der Waals surface area contributed by atoms with Crippen LogP contribution in [-0.4, -0.2) is 37.6 Å². The van der Waals surface area contributed by atoms with Gasteiger partial charge in [-0.3, -0.25) is 0 Å². The van der Waals surface area contributed by atoms with Gasteiger partial charge in [-0.05, 0) is 31.0 Å². The van der Waals surface area contributed by atoms with Crippen LogP contribution in [0.3, 0.4) is 0 Å². The summed E-state index contributed by atoms with van der Waals surface area (Å²) in [6.45, 7) is 5.82. The van der Waals surface area contributed by atoms with Crippen LogP contribution in [0.25, 0.3) is 0 Å². The molecule has 0 spiro atoms. The number of aryl methyl sites for hydroxylation is 1. The maximum absolute atomic E-state index is 6.12. The Balaban J connectivity index is 1.73. The van der Waals surface area contributed by atoms with E-state index in [0.717, 1.165) is 24.5 Å². The van der Waals surface area contributed by atoms with Crippen molar-refractivity contribution in [3.8, 4) is 0 Å². The molecule has 0 bridgehead atoms. The van der Waals surface area contributed by atoms with Crippen molar-refractivity contribution in [2.75, 3.05) is 32.7 Å².